The number of hydrogen-bond donors (Lipinski definition) is 2. The Labute approximate surface area is 178 Å². The molecule has 4 aromatic rings. The summed E-state index contributed by atoms with van der Waals surface area (Å²) < 4.78 is 21.7. The van der Waals surface area contributed by atoms with Crippen LogP contribution in [0.1, 0.15) is 22.8 Å². The van der Waals surface area contributed by atoms with Gasteiger partial charge in [-0.3, -0.25) is 4.98 Å². The summed E-state index contributed by atoms with van der Waals surface area (Å²) in [5.74, 6) is 2.10. The molecule has 160 valence electrons. The number of aryl methyl sites for hydroxylation is 1. The molecular formula is C23H22N2O6. The predicted octanol–water partition coefficient (Wildman–Crippen LogP) is 3.86. The molecule has 0 fully saturated rings. The van der Waals surface area contributed by atoms with Crippen molar-refractivity contribution in [1.82, 2.24) is 9.97 Å². The van der Waals surface area contributed by atoms with E-state index in [9.17, 15) is 9.90 Å². The first-order valence-electron chi connectivity index (χ1n) is 9.75. The molecule has 2 N–H and O–H groups in total. The molecule has 8 heteroatoms. The molecule has 0 atom stereocenters. The Hall–Kier alpha value is -3.94. The fourth-order valence-electron chi connectivity index (χ4n) is 3.14. The first-order chi connectivity index (χ1) is 15.0. The Morgan fingerprint density at radius 2 is 1.74 bits per heavy atom. The van der Waals surface area contributed by atoms with E-state index in [-0.39, 0.29) is 11.6 Å². The molecule has 0 unspecified atom stereocenters. The molecule has 0 saturated heterocycles. The highest BCUT2D eigenvalue weighted by Gasteiger charge is 2.12. The van der Waals surface area contributed by atoms with Crippen LogP contribution in [0.4, 0.5) is 0 Å². The minimum Gasteiger partial charge on any atom is -0.497 e. The maximum absolute atomic E-state index is 11.1. The van der Waals surface area contributed by atoms with E-state index in [0.29, 0.717) is 31.1 Å². The summed E-state index contributed by atoms with van der Waals surface area (Å²) in [6, 6.07) is 14.9. The number of nitrogens with one attached hydrogen (secondary N) is 1. The lowest BCUT2D eigenvalue weighted by molar-refractivity contribution is 0.320. The number of nitrogens with zero attached hydrogens (tertiary/aromatic N) is 1. The van der Waals surface area contributed by atoms with E-state index in [2.05, 4.69) is 9.97 Å². The maximum atomic E-state index is 11.1. The standard InChI is InChI=1S/C23H22N2O6/c1-14-19(24-22(30-14)16-5-9-17(28-2)10-6-16)11-12-29-18-7-3-15(4-8-18)13-20-21(26)25-23(27)31-20/h3-10,26H,11-13H2,1-2H3,(H,25,27). The summed E-state index contributed by atoms with van der Waals surface area (Å²) in [6.45, 7) is 2.33. The van der Waals surface area contributed by atoms with Gasteiger partial charge in [-0.2, -0.15) is 0 Å². The number of benzene rings is 2. The lowest BCUT2D eigenvalue weighted by atomic mass is 10.1. The molecule has 0 saturated carbocycles. The van der Waals surface area contributed by atoms with Crippen LogP contribution in [0.3, 0.4) is 0 Å². The third-order valence-corrected chi connectivity index (χ3v) is 4.83. The minimum absolute atomic E-state index is 0.202. The number of aromatic amines is 1. The van der Waals surface area contributed by atoms with E-state index >= 15 is 0 Å². The zero-order valence-electron chi connectivity index (χ0n) is 17.2. The van der Waals surface area contributed by atoms with Gasteiger partial charge in [0.2, 0.25) is 11.8 Å². The van der Waals surface area contributed by atoms with Gasteiger partial charge in [0.1, 0.15) is 17.3 Å². The quantitative estimate of drug-likeness (QED) is 0.444. The van der Waals surface area contributed by atoms with Crippen LogP contribution in [-0.4, -0.2) is 28.8 Å². The van der Waals surface area contributed by atoms with E-state index in [4.69, 9.17) is 18.3 Å². The second-order valence-corrected chi connectivity index (χ2v) is 6.96. The van der Waals surface area contributed by atoms with Gasteiger partial charge in [-0.05, 0) is 48.9 Å². The smallest absolute Gasteiger partial charge is 0.419 e. The summed E-state index contributed by atoms with van der Waals surface area (Å²) in [5.41, 5.74) is 2.61. The first kappa shape index (κ1) is 20.3. The number of H-pyrrole nitrogens is 1. The van der Waals surface area contributed by atoms with Crippen molar-refractivity contribution < 1.29 is 23.4 Å². The third-order valence-electron chi connectivity index (χ3n) is 4.83. The molecule has 0 aliphatic carbocycles. The Balaban J connectivity index is 1.33. The zero-order valence-corrected chi connectivity index (χ0v) is 17.2. The van der Waals surface area contributed by atoms with Gasteiger partial charge >= 0.3 is 5.76 Å². The Kier molecular flexibility index (Phi) is 5.79. The SMILES string of the molecule is COc1ccc(-c2nc(CCOc3ccc(Cc4oc(=O)[nH]c4O)cc3)c(C)o2)cc1. The summed E-state index contributed by atoms with van der Waals surface area (Å²) in [4.78, 5) is 17.9. The molecule has 2 heterocycles. The number of methoxy groups -OCH3 is 1. The van der Waals surface area contributed by atoms with E-state index in [1.807, 2.05) is 55.5 Å². The summed E-state index contributed by atoms with van der Waals surface area (Å²) in [6.07, 6.45) is 0.909. The van der Waals surface area contributed by atoms with E-state index in [0.717, 1.165) is 28.3 Å². The molecule has 0 spiro atoms. The molecule has 4 rings (SSSR count). The second-order valence-electron chi connectivity index (χ2n) is 6.96. The lowest BCUT2D eigenvalue weighted by Gasteiger charge is -2.06. The Morgan fingerprint density at radius 1 is 1.03 bits per heavy atom. The van der Waals surface area contributed by atoms with Gasteiger partial charge < -0.3 is 23.4 Å². The van der Waals surface area contributed by atoms with Gasteiger partial charge in [-0.15, -0.1) is 0 Å². The molecule has 0 aliphatic heterocycles. The molecule has 2 aromatic carbocycles. The van der Waals surface area contributed by atoms with Crippen LogP contribution in [-0.2, 0) is 12.8 Å². The molecule has 0 bridgehead atoms. The van der Waals surface area contributed by atoms with Crippen LogP contribution in [0.25, 0.3) is 11.5 Å². The third kappa shape index (κ3) is 4.80. The van der Waals surface area contributed by atoms with E-state index in [1.165, 1.54) is 0 Å². The summed E-state index contributed by atoms with van der Waals surface area (Å²) >= 11 is 0. The molecular weight excluding hydrogens is 400 g/mol. The predicted molar refractivity (Wildman–Crippen MR) is 113 cm³/mol. The van der Waals surface area contributed by atoms with Crippen molar-refractivity contribution in [3.63, 3.8) is 0 Å². The Morgan fingerprint density at radius 3 is 2.39 bits per heavy atom. The van der Waals surface area contributed by atoms with Crippen LogP contribution >= 0.6 is 0 Å². The Bertz CT molecular complexity index is 1200. The van der Waals surface area contributed by atoms with E-state index in [1.54, 1.807) is 7.11 Å². The number of rotatable bonds is 8. The van der Waals surface area contributed by atoms with Crippen LogP contribution < -0.4 is 15.2 Å². The monoisotopic (exact) mass is 422 g/mol. The zero-order chi connectivity index (χ0) is 21.8. The highest BCUT2D eigenvalue weighted by atomic mass is 16.5. The van der Waals surface area contributed by atoms with Gasteiger partial charge in [0.25, 0.3) is 0 Å². The maximum Gasteiger partial charge on any atom is 0.419 e. The van der Waals surface area contributed by atoms with Crippen molar-refractivity contribution in [3.05, 3.63) is 81.9 Å². The largest absolute Gasteiger partial charge is 0.497 e. The minimum atomic E-state index is -0.675. The number of oxazole rings is 2. The van der Waals surface area contributed by atoms with Gasteiger partial charge in [0.15, 0.2) is 5.76 Å². The van der Waals surface area contributed by atoms with Crippen LogP contribution in [0, 0.1) is 6.92 Å². The molecule has 8 nitrogen and oxygen atoms in total. The number of aromatic hydroxyl groups is 1. The van der Waals surface area contributed by atoms with Gasteiger partial charge in [-0.25, -0.2) is 9.78 Å². The van der Waals surface area contributed by atoms with Crippen molar-refractivity contribution in [2.24, 2.45) is 0 Å². The van der Waals surface area contributed by atoms with Crippen molar-refractivity contribution >= 4 is 0 Å². The van der Waals surface area contributed by atoms with Gasteiger partial charge in [-0.1, -0.05) is 12.1 Å². The number of hydrogen-bond acceptors (Lipinski definition) is 7. The highest BCUT2D eigenvalue weighted by Crippen LogP contribution is 2.24. The average molecular weight is 422 g/mol. The second kappa shape index (κ2) is 8.83. The highest BCUT2D eigenvalue weighted by molar-refractivity contribution is 5.55. The van der Waals surface area contributed by atoms with Crippen molar-refractivity contribution in [3.8, 4) is 28.8 Å². The molecule has 0 amide bonds. The van der Waals surface area contributed by atoms with Crippen LogP contribution in [0.2, 0.25) is 0 Å². The van der Waals surface area contributed by atoms with Gasteiger partial charge in [0.05, 0.1) is 19.4 Å². The molecule has 0 aliphatic rings. The average Bonchev–Trinajstić information content (AvgIpc) is 3.30. The summed E-state index contributed by atoms with van der Waals surface area (Å²) in [7, 11) is 1.63. The van der Waals surface area contributed by atoms with E-state index < -0.39 is 5.76 Å². The van der Waals surface area contributed by atoms with Crippen LogP contribution in [0.15, 0.2) is 62.2 Å². The number of aromatic nitrogens is 2. The molecule has 0 radical (unpaired) electrons. The van der Waals surface area contributed by atoms with Crippen molar-refractivity contribution in [2.75, 3.05) is 13.7 Å². The lowest BCUT2D eigenvalue weighted by Crippen LogP contribution is -2.03. The van der Waals surface area contributed by atoms with Gasteiger partial charge in [0, 0.05) is 18.4 Å². The number of ether oxygens (including phenoxy) is 2. The molecule has 2 aromatic heterocycles. The normalized spacial score (nSPS) is 10.9. The van der Waals surface area contributed by atoms with Crippen LogP contribution in [0.5, 0.6) is 17.4 Å². The van der Waals surface area contributed by atoms with Crippen molar-refractivity contribution in [2.45, 2.75) is 19.8 Å². The summed E-state index contributed by atoms with van der Waals surface area (Å²) in [5, 5.41) is 9.60. The topological polar surface area (TPSA) is 111 Å². The first-order valence-corrected chi connectivity index (χ1v) is 9.75. The fraction of sp³-hybridized carbons (Fsp3) is 0.217. The molecule has 31 heavy (non-hydrogen) atoms. The fourth-order valence-corrected chi connectivity index (χ4v) is 3.14. The van der Waals surface area contributed by atoms with Crippen molar-refractivity contribution in [1.29, 1.82) is 0 Å².